The third kappa shape index (κ3) is 7.59. The van der Waals surface area contributed by atoms with Crippen LogP contribution >= 0.6 is 0 Å². The summed E-state index contributed by atoms with van der Waals surface area (Å²) in [5.74, 6) is -1.43. The Hall–Kier alpha value is -4.78. The van der Waals surface area contributed by atoms with Gasteiger partial charge in [-0.2, -0.15) is 0 Å². The molecule has 1 unspecified atom stereocenters. The van der Waals surface area contributed by atoms with Gasteiger partial charge in [-0.15, -0.1) is 0 Å². The van der Waals surface area contributed by atoms with E-state index in [2.05, 4.69) is 0 Å². The lowest BCUT2D eigenvalue weighted by atomic mass is 9.80. The first-order valence-electron chi connectivity index (χ1n) is 19.3. The van der Waals surface area contributed by atoms with E-state index < -0.39 is 46.2 Å². The van der Waals surface area contributed by atoms with Crippen LogP contribution in [-0.4, -0.2) is 67.9 Å². The Morgan fingerprint density at radius 3 is 2.16 bits per heavy atom. The van der Waals surface area contributed by atoms with Crippen molar-refractivity contribution in [3.05, 3.63) is 56.9 Å². The molecule has 55 heavy (non-hydrogen) atoms. The Labute approximate surface area is 321 Å². The Morgan fingerprint density at radius 2 is 1.58 bits per heavy atom. The van der Waals surface area contributed by atoms with Gasteiger partial charge in [-0.05, 0) is 123 Å². The number of ether oxygens (including phenoxy) is 4. The molecular weight excluding hydrogens is 706 g/mol. The normalized spacial score (nSPS) is 18.7. The fraction of sp³-hybridized carbons (Fsp3) is 0.571. The maximum Gasteiger partial charge on any atom is 0.415 e. The highest BCUT2D eigenvalue weighted by atomic mass is 16.6. The highest BCUT2D eigenvalue weighted by molar-refractivity contribution is 6.00. The molecular formula is C42H53N3O10. The number of rotatable bonds is 8. The van der Waals surface area contributed by atoms with Crippen molar-refractivity contribution in [2.75, 3.05) is 13.1 Å². The van der Waals surface area contributed by atoms with Gasteiger partial charge in [0.25, 0.3) is 5.56 Å². The number of cyclic esters (lactones) is 1. The zero-order chi connectivity index (χ0) is 40.2. The van der Waals surface area contributed by atoms with E-state index in [1.54, 1.807) is 89.1 Å². The minimum absolute atomic E-state index is 0.0602. The van der Waals surface area contributed by atoms with Crippen LogP contribution in [0.2, 0.25) is 0 Å². The van der Waals surface area contributed by atoms with Crippen LogP contribution in [0.25, 0.3) is 22.3 Å². The van der Waals surface area contributed by atoms with Gasteiger partial charge in [0.1, 0.15) is 23.6 Å². The monoisotopic (exact) mass is 759 g/mol. The van der Waals surface area contributed by atoms with E-state index >= 15 is 0 Å². The Morgan fingerprint density at radius 1 is 0.945 bits per heavy atom. The number of pyridine rings is 2. The second-order valence-corrected chi connectivity index (χ2v) is 17.2. The van der Waals surface area contributed by atoms with Gasteiger partial charge in [0.15, 0.2) is 11.0 Å². The first-order valence-corrected chi connectivity index (χ1v) is 19.3. The summed E-state index contributed by atoms with van der Waals surface area (Å²) in [4.78, 5) is 72.8. The smallest absolute Gasteiger partial charge is 0.415 e. The molecule has 0 radical (unpaired) electrons. The number of esters is 3. The predicted octanol–water partition coefficient (Wildman–Crippen LogP) is 6.32. The molecule has 0 saturated carbocycles. The van der Waals surface area contributed by atoms with Gasteiger partial charge in [-0.1, -0.05) is 13.8 Å². The molecule has 1 aromatic carbocycles. The van der Waals surface area contributed by atoms with E-state index in [0.717, 1.165) is 16.5 Å². The van der Waals surface area contributed by atoms with E-state index in [9.17, 15) is 29.1 Å². The highest BCUT2D eigenvalue weighted by Crippen LogP contribution is 2.41. The van der Waals surface area contributed by atoms with Crippen LogP contribution in [0.15, 0.2) is 29.1 Å². The molecule has 13 nitrogen and oxygen atoms in total. The van der Waals surface area contributed by atoms with Gasteiger partial charge in [0, 0.05) is 29.6 Å². The lowest BCUT2D eigenvalue weighted by Gasteiger charge is -2.35. The molecule has 3 aliphatic rings. The molecule has 2 aromatic heterocycles. The topological polar surface area (TPSA) is 164 Å². The van der Waals surface area contributed by atoms with Crippen molar-refractivity contribution in [3.8, 4) is 17.1 Å². The number of fused-ring (bicyclic) bond motifs is 5. The van der Waals surface area contributed by atoms with E-state index in [1.807, 2.05) is 6.92 Å². The minimum atomic E-state index is -1.91. The molecule has 1 fully saturated rings. The first-order chi connectivity index (χ1) is 25.7. The van der Waals surface area contributed by atoms with E-state index in [0.29, 0.717) is 61.4 Å². The molecule has 13 heteroatoms. The average Bonchev–Trinajstić information content (AvgIpc) is 3.48. The SMILES string of the molecule is CCc1c2c(nc3ccc(OC(=O)N4CCC(CCC(C)(C(=O)OC(C)(C)C)C(=O)OC(C)(C)C)CC4)cc13)-c1cc3c(c(=O)n1C2)COC(=O)C3(O)CC. The molecule has 1 saturated heterocycles. The lowest BCUT2D eigenvalue weighted by molar-refractivity contribution is -0.184. The van der Waals surface area contributed by atoms with Crippen LogP contribution in [0.5, 0.6) is 5.75 Å². The maximum atomic E-state index is 13.7. The summed E-state index contributed by atoms with van der Waals surface area (Å²) in [6.45, 7) is 16.9. The Balaban J connectivity index is 1.15. The number of likely N-dealkylation sites (tertiary alicyclic amines) is 1. The average molecular weight is 760 g/mol. The summed E-state index contributed by atoms with van der Waals surface area (Å²) in [5.41, 5.74) is -1.06. The number of benzene rings is 1. The molecule has 296 valence electrons. The molecule has 1 atom stereocenters. The number of amides is 1. The Kier molecular flexibility index (Phi) is 10.4. The summed E-state index contributed by atoms with van der Waals surface area (Å²) in [5, 5.41) is 12.0. The van der Waals surface area contributed by atoms with Crippen LogP contribution in [0.1, 0.15) is 117 Å². The fourth-order valence-electron chi connectivity index (χ4n) is 7.74. The predicted molar refractivity (Wildman–Crippen MR) is 203 cm³/mol. The van der Waals surface area contributed by atoms with Crippen molar-refractivity contribution in [1.29, 1.82) is 0 Å². The van der Waals surface area contributed by atoms with Gasteiger partial charge in [-0.25, -0.2) is 14.6 Å². The second kappa shape index (κ2) is 14.4. The number of nitrogens with zero attached hydrogens (tertiary/aromatic N) is 3. The summed E-state index contributed by atoms with van der Waals surface area (Å²) in [6.07, 6.45) is 2.42. The third-order valence-electron chi connectivity index (χ3n) is 11.0. The minimum Gasteiger partial charge on any atom is -0.459 e. The first kappa shape index (κ1) is 39.9. The van der Waals surface area contributed by atoms with E-state index in [4.69, 9.17) is 23.9 Å². The van der Waals surface area contributed by atoms with Crippen LogP contribution in [-0.2, 0) is 53.8 Å². The van der Waals surface area contributed by atoms with Crippen molar-refractivity contribution >= 4 is 34.9 Å². The van der Waals surface area contributed by atoms with Crippen molar-refractivity contribution in [3.63, 3.8) is 0 Å². The van der Waals surface area contributed by atoms with Gasteiger partial charge in [0.05, 0.1) is 29.0 Å². The maximum absolute atomic E-state index is 13.7. The van der Waals surface area contributed by atoms with Crippen LogP contribution in [0, 0.1) is 11.3 Å². The molecule has 0 bridgehead atoms. The molecule has 3 aliphatic heterocycles. The number of aromatic nitrogens is 2. The fourth-order valence-corrected chi connectivity index (χ4v) is 7.74. The molecule has 0 aliphatic carbocycles. The summed E-state index contributed by atoms with van der Waals surface area (Å²) in [6, 6.07) is 6.99. The van der Waals surface area contributed by atoms with Crippen LogP contribution in [0.4, 0.5) is 4.79 Å². The van der Waals surface area contributed by atoms with Gasteiger partial charge >= 0.3 is 24.0 Å². The number of hydrogen-bond acceptors (Lipinski definition) is 11. The number of hydrogen-bond donors (Lipinski definition) is 1. The van der Waals surface area contributed by atoms with Crippen molar-refractivity contribution in [2.24, 2.45) is 11.3 Å². The number of aryl methyl sites for hydroxylation is 1. The largest absolute Gasteiger partial charge is 0.459 e. The number of carbonyl (C=O) groups is 4. The Bertz CT molecular complexity index is 2090. The van der Waals surface area contributed by atoms with E-state index in [1.165, 1.54) is 0 Å². The molecule has 3 aromatic rings. The number of carbonyl (C=O) groups excluding carboxylic acids is 4. The standard InChI is InChI=1S/C42H53N3O10/c1-10-26-27-20-25(12-13-31(27)43-33-28(26)22-45-32(33)21-30-29(34(45)46)23-52-37(49)42(30,51)11-2)53-38(50)44-18-15-24(16-19-44)14-17-41(9,35(47)54-39(3,4)5)36(48)55-40(6,7)8/h12-13,20-21,24,51H,10-11,14-19,22-23H2,1-9H3. The second-order valence-electron chi connectivity index (χ2n) is 17.2. The molecule has 6 rings (SSSR count). The van der Waals surface area contributed by atoms with Crippen molar-refractivity contribution in [2.45, 2.75) is 131 Å². The molecule has 1 N–H and O–H groups in total. The number of aliphatic hydroxyl groups is 1. The van der Waals surface area contributed by atoms with Crippen LogP contribution in [0.3, 0.4) is 0 Å². The number of piperidine rings is 1. The quantitative estimate of drug-likeness (QED) is 0.121. The summed E-state index contributed by atoms with van der Waals surface area (Å²) >= 11 is 0. The van der Waals surface area contributed by atoms with Crippen LogP contribution < -0.4 is 10.3 Å². The summed E-state index contributed by atoms with van der Waals surface area (Å²) < 4.78 is 24.0. The molecule has 1 amide bonds. The summed E-state index contributed by atoms with van der Waals surface area (Å²) in [7, 11) is 0. The van der Waals surface area contributed by atoms with Gasteiger partial charge in [-0.3, -0.25) is 14.4 Å². The zero-order valence-electron chi connectivity index (χ0n) is 33.4. The zero-order valence-corrected chi connectivity index (χ0v) is 33.4. The highest BCUT2D eigenvalue weighted by Gasteiger charge is 2.48. The molecule has 0 spiro atoms. The molecule has 5 heterocycles. The van der Waals surface area contributed by atoms with Crippen molar-refractivity contribution in [1.82, 2.24) is 14.5 Å². The lowest BCUT2D eigenvalue weighted by Crippen LogP contribution is -2.45. The van der Waals surface area contributed by atoms with Crippen molar-refractivity contribution < 1.29 is 43.2 Å². The van der Waals surface area contributed by atoms with Gasteiger partial charge in [0.2, 0.25) is 0 Å². The van der Waals surface area contributed by atoms with Gasteiger partial charge < -0.3 is 33.5 Å². The van der Waals surface area contributed by atoms with E-state index in [-0.39, 0.29) is 48.6 Å². The third-order valence-corrected chi connectivity index (χ3v) is 11.0.